The van der Waals surface area contributed by atoms with Crippen LogP contribution in [0.15, 0.2) is 53.5 Å². The van der Waals surface area contributed by atoms with Gasteiger partial charge in [0.15, 0.2) is 0 Å². The molecule has 1 aliphatic rings. The van der Waals surface area contributed by atoms with Crippen molar-refractivity contribution in [3.8, 4) is 0 Å². The number of aliphatic imine (C=N–C) groups is 1. The predicted octanol–water partition coefficient (Wildman–Crippen LogP) is 2.25. The van der Waals surface area contributed by atoms with Crippen molar-refractivity contribution < 1.29 is 17.6 Å². The van der Waals surface area contributed by atoms with E-state index < -0.39 is 10.0 Å². The van der Waals surface area contributed by atoms with Crippen molar-refractivity contribution in [1.82, 2.24) is 4.90 Å². The van der Waals surface area contributed by atoms with E-state index >= 15 is 0 Å². The van der Waals surface area contributed by atoms with Crippen LogP contribution in [0.2, 0.25) is 0 Å². The topological polar surface area (TPSA) is 105 Å². The van der Waals surface area contributed by atoms with Crippen LogP contribution in [0, 0.1) is 5.82 Å². The number of amidine groups is 1. The van der Waals surface area contributed by atoms with Crippen molar-refractivity contribution in [3.63, 3.8) is 0 Å². The van der Waals surface area contributed by atoms with Gasteiger partial charge in [-0.15, -0.1) is 0 Å². The summed E-state index contributed by atoms with van der Waals surface area (Å²) in [6.07, 6.45) is 2.08. The molecule has 0 spiro atoms. The lowest BCUT2D eigenvalue weighted by Crippen LogP contribution is -2.42. The van der Waals surface area contributed by atoms with Gasteiger partial charge in [-0.2, -0.15) is 0 Å². The number of anilines is 1. The number of nitrogens with one attached hydrogen (secondary N) is 1. The molecule has 2 aromatic rings. The van der Waals surface area contributed by atoms with Crippen LogP contribution in [0.4, 0.5) is 10.1 Å². The fourth-order valence-electron chi connectivity index (χ4n) is 3.21. The molecule has 1 saturated heterocycles. The Bertz CT molecular complexity index is 1010. The van der Waals surface area contributed by atoms with Gasteiger partial charge in [0.25, 0.3) is 0 Å². The Hall–Kier alpha value is -2.94. The number of likely N-dealkylation sites (tertiary alicyclic amines) is 1. The van der Waals surface area contributed by atoms with Crippen LogP contribution >= 0.6 is 0 Å². The molecule has 1 unspecified atom stereocenters. The summed E-state index contributed by atoms with van der Waals surface area (Å²) in [5, 5.41) is 0. The van der Waals surface area contributed by atoms with Crippen LogP contribution in [0.25, 0.3) is 0 Å². The number of amides is 1. The molecule has 0 radical (unpaired) electrons. The second-order valence-electron chi connectivity index (χ2n) is 7.01. The van der Waals surface area contributed by atoms with Crippen molar-refractivity contribution in [1.29, 1.82) is 0 Å². The number of hydrogen-bond donors (Lipinski definition) is 2. The Morgan fingerprint density at radius 1 is 1.17 bits per heavy atom. The molecule has 154 valence electrons. The summed E-state index contributed by atoms with van der Waals surface area (Å²) in [5.74, 6) is 0.0434. The Labute approximate surface area is 169 Å². The zero-order chi connectivity index (χ0) is 21.0. The molecule has 0 saturated carbocycles. The van der Waals surface area contributed by atoms with Gasteiger partial charge in [-0.1, -0.05) is 24.3 Å². The molecule has 1 atom stereocenters. The van der Waals surface area contributed by atoms with E-state index in [0.29, 0.717) is 37.5 Å². The van der Waals surface area contributed by atoms with E-state index in [2.05, 4.69) is 9.71 Å². The van der Waals surface area contributed by atoms with E-state index in [9.17, 15) is 17.6 Å². The summed E-state index contributed by atoms with van der Waals surface area (Å²) in [7, 11) is -3.32. The van der Waals surface area contributed by atoms with E-state index in [-0.39, 0.29) is 17.8 Å². The fourth-order valence-corrected chi connectivity index (χ4v) is 3.77. The fraction of sp³-hybridized carbons (Fsp3) is 0.300. The molecule has 1 heterocycles. The van der Waals surface area contributed by atoms with Gasteiger partial charge in [0.05, 0.1) is 18.8 Å². The van der Waals surface area contributed by atoms with Crippen molar-refractivity contribution >= 4 is 27.5 Å². The molecule has 1 aliphatic heterocycles. The molecule has 9 heteroatoms. The molecule has 0 aliphatic carbocycles. The molecule has 3 N–H and O–H groups in total. The SMILES string of the molecule is CS(=O)(=O)Nc1ccc(CN=C(N)C2CCC(=O)N2Cc2ccc(F)cc2)cc1. The Kier molecular flexibility index (Phi) is 6.17. The highest BCUT2D eigenvalue weighted by Gasteiger charge is 2.33. The van der Waals surface area contributed by atoms with Crippen molar-refractivity contribution in [2.75, 3.05) is 11.0 Å². The first kappa shape index (κ1) is 20.8. The summed E-state index contributed by atoms with van der Waals surface area (Å²) in [5.41, 5.74) is 8.34. The first-order chi connectivity index (χ1) is 13.7. The average Bonchev–Trinajstić information content (AvgIpc) is 3.02. The third kappa shape index (κ3) is 5.77. The summed E-state index contributed by atoms with van der Waals surface area (Å²) in [6, 6.07) is 12.6. The van der Waals surface area contributed by atoms with Gasteiger partial charge in [0, 0.05) is 18.7 Å². The number of halogens is 1. The van der Waals surface area contributed by atoms with E-state index in [1.165, 1.54) is 12.1 Å². The maximum Gasteiger partial charge on any atom is 0.229 e. The predicted molar refractivity (Wildman–Crippen MR) is 110 cm³/mol. The first-order valence-corrected chi connectivity index (χ1v) is 11.0. The molecule has 3 rings (SSSR count). The number of rotatable bonds is 7. The van der Waals surface area contributed by atoms with Gasteiger partial charge in [-0.3, -0.25) is 14.5 Å². The molecule has 0 bridgehead atoms. The Morgan fingerprint density at radius 2 is 1.79 bits per heavy atom. The molecule has 1 fully saturated rings. The lowest BCUT2D eigenvalue weighted by atomic mass is 10.1. The minimum Gasteiger partial charge on any atom is -0.386 e. The minimum atomic E-state index is -3.32. The van der Waals surface area contributed by atoms with Crippen LogP contribution in [0.5, 0.6) is 0 Å². The molecule has 29 heavy (non-hydrogen) atoms. The summed E-state index contributed by atoms with van der Waals surface area (Å²) in [6.45, 7) is 0.673. The van der Waals surface area contributed by atoms with Crippen LogP contribution in [0.3, 0.4) is 0 Å². The van der Waals surface area contributed by atoms with Gasteiger partial charge in [-0.05, 0) is 41.8 Å². The van der Waals surface area contributed by atoms with Crippen LogP contribution in [-0.4, -0.2) is 37.4 Å². The number of sulfonamides is 1. The number of carbonyl (C=O) groups excluding carboxylic acids is 1. The van der Waals surface area contributed by atoms with Gasteiger partial charge in [0.1, 0.15) is 11.7 Å². The van der Waals surface area contributed by atoms with Gasteiger partial charge in [-0.25, -0.2) is 12.8 Å². The highest BCUT2D eigenvalue weighted by molar-refractivity contribution is 7.92. The lowest BCUT2D eigenvalue weighted by molar-refractivity contribution is -0.128. The Morgan fingerprint density at radius 3 is 2.41 bits per heavy atom. The quantitative estimate of drug-likeness (QED) is 0.531. The van der Waals surface area contributed by atoms with E-state index in [0.717, 1.165) is 17.4 Å². The van der Waals surface area contributed by atoms with Gasteiger partial charge < -0.3 is 10.6 Å². The highest BCUT2D eigenvalue weighted by atomic mass is 32.2. The Balaban J connectivity index is 1.66. The van der Waals surface area contributed by atoms with Crippen molar-refractivity contribution in [3.05, 3.63) is 65.5 Å². The van der Waals surface area contributed by atoms with E-state index in [1.54, 1.807) is 41.3 Å². The van der Waals surface area contributed by atoms with Crippen LogP contribution < -0.4 is 10.5 Å². The summed E-state index contributed by atoms with van der Waals surface area (Å²) >= 11 is 0. The van der Waals surface area contributed by atoms with Crippen LogP contribution in [0.1, 0.15) is 24.0 Å². The smallest absolute Gasteiger partial charge is 0.229 e. The molecular formula is C20H23FN4O3S. The minimum absolute atomic E-state index is 0.00585. The molecule has 1 amide bonds. The largest absolute Gasteiger partial charge is 0.386 e. The number of benzene rings is 2. The standard InChI is InChI=1S/C20H23FN4O3S/c1-29(27,28)24-17-8-4-14(5-9-17)12-23-20(22)18-10-11-19(26)25(18)13-15-2-6-16(21)7-3-15/h2-9,18,24H,10-13H2,1H3,(H2,22,23). The van der Waals surface area contributed by atoms with Crippen LogP contribution in [-0.2, 0) is 27.9 Å². The molecule has 0 aromatic heterocycles. The number of nitrogens with zero attached hydrogens (tertiary/aromatic N) is 2. The average molecular weight is 418 g/mol. The van der Waals surface area contributed by atoms with E-state index in [4.69, 9.17) is 5.73 Å². The number of hydrogen-bond acceptors (Lipinski definition) is 4. The first-order valence-electron chi connectivity index (χ1n) is 9.12. The maximum atomic E-state index is 13.1. The summed E-state index contributed by atoms with van der Waals surface area (Å²) in [4.78, 5) is 18.4. The molecule has 2 aromatic carbocycles. The normalized spacial score (nSPS) is 17.6. The van der Waals surface area contributed by atoms with Gasteiger partial charge >= 0.3 is 0 Å². The maximum absolute atomic E-state index is 13.1. The van der Waals surface area contributed by atoms with Crippen molar-refractivity contribution in [2.24, 2.45) is 10.7 Å². The second kappa shape index (κ2) is 8.60. The number of carbonyl (C=O) groups is 1. The highest BCUT2D eigenvalue weighted by Crippen LogP contribution is 2.22. The molecule has 7 nitrogen and oxygen atoms in total. The third-order valence-electron chi connectivity index (χ3n) is 4.64. The zero-order valence-electron chi connectivity index (χ0n) is 16.0. The monoisotopic (exact) mass is 418 g/mol. The zero-order valence-corrected chi connectivity index (χ0v) is 16.8. The third-order valence-corrected chi connectivity index (χ3v) is 5.24. The van der Waals surface area contributed by atoms with Crippen molar-refractivity contribution in [2.45, 2.75) is 32.0 Å². The molecular weight excluding hydrogens is 395 g/mol. The lowest BCUT2D eigenvalue weighted by Gasteiger charge is -2.24. The van der Waals surface area contributed by atoms with Gasteiger partial charge in [0.2, 0.25) is 15.9 Å². The second-order valence-corrected chi connectivity index (χ2v) is 8.76. The number of nitrogens with two attached hydrogens (primary N) is 1. The van der Waals surface area contributed by atoms with E-state index in [1.807, 2.05) is 0 Å². The summed E-state index contributed by atoms with van der Waals surface area (Å²) < 4.78 is 38.0.